The minimum Gasteiger partial charge on any atom is -0.497 e. The van der Waals surface area contributed by atoms with Crippen molar-refractivity contribution < 1.29 is 18.7 Å². The molecule has 1 N–H and O–H groups in total. The van der Waals surface area contributed by atoms with Crippen LogP contribution in [0.3, 0.4) is 0 Å². The maximum absolute atomic E-state index is 13.4. The Kier molecular flexibility index (Phi) is 6.25. The van der Waals surface area contributed by atoms with E-state index in [1.165, 1.54) is 12.1 Å². The first-order chi connectivity index (χ1) is 15.1. The molecule has 1 amide bonds. The average molecular weight is 426 g/mol. The van der Waals surface area contributed by atoms with Gasteiger partial charge in [-0.15, -0.1) is 0 Å². The minimum atomic E-state index is -0.257. The Morgan fingerprint density at radius 1 is 1.19 bits per heavy atom. The second-order valence-corrected chi connectivity index (χ2v) is 7.61. The molecule has 0 aliphatic carbocycles. The molecule has 2 heterocycles. The Balaban J connectivity index is 1.56. The van der Waals surface area contributed by atoms with Gasteiger partial charge in [0.2, 0.25) is 5.95 Å². The number of carbonyl (C=O) groups is 1. The molecule has 8 heteroatoms. The molecule has 1 saturated heterocycles. The third-order valence-electron chi connectivity index (χ3n) is 5.56. The van der Waals surface area contributed by atoms with Crippen LogP contribution in [0.4, 0.5) is 15.1 Å². The molecule has 4 rings (SSSR count). The van der Waals surface area contributed by atoms with Crippen molar-refractivity contribution in [3.05, 3.63) is 53.8 Å². The number of aromatic nitrogens is 2. The van der Waals surface area contributed by atoms with Gasteiger partial charge in [0.25, 0.3) is 0 Å². The van der Waals surface area contributed by atoms with Gasteiger partial charge in [-0.1, -0.05) is 12.1 Å². The predicted octanol–water partition coefficient (Wildman–Crippen LogP) is 4.27. The first-order valence-corrected chi connectivity index (χ1v) is 10.5. The van der Waals surface area contributed by atoms with Crippen molar-refractivity contribution in [3.8, 4) is 5.75 Å². The Hall–Kier alpha value is -3.29. The topological polar surface area (TPSA) is 68.6 Å². The predicted molar refractivity (Wildman–Crippen MR) is 117 cm³/mol. The van der Waals surface area contributed by atoms with E-state index < -0.39 is 0 Å². The number of hydrogen-bond acceptors (Lipinski definition) is 5. The number of halogens is 1. The van der Waals surface area contributed by atoms with Gasteiger partial charge >= 0.3 is 6.09 Å². The number of imidazole rings is 1. The standard InChI is InChI=1S/C23H27FN4O3/c1-3-31-23(29)27-12-10-18(11-13-27)25-22-26-20-9-8-19(30-2)14-21(20)28(22)15-16-4-6-17(24)7-5-16/h4-9,14,18H,3,10-13,15H2,1-2H3,(H,25,26). The number of ether oxygens (including phenoxy) is 2. The number of amides is 1. The molecule has 164 valence electrons. The van der Waals surface area contributed by atoms with Crippen molar-refractivity contribution in [2.45, 2.75) is 32.4 Å². The molecule has 0 bridgehead atoms. The second kappa shape index (κ2) is 9.24. The van der Waals surface area contributed by atoms with E-state index in [-0.39, 0.29) is 18.0 Å². The molecule has 0 spiro atoms. The first-order valence-electron chi connectivity index (χ1n) is 10.5. The molecule has 7 nitrogen and oxygen atoms in total. The summed E-state index contributed by atoms with van der Waals surface area (Å²) in [7, 11) is 1.64. The van der Waals surface area contributed by atoms with Gasteiger partial charge in [-0.25, -0.2) is 14.2 Å². The first kappa shape index (κ1) is 21.0. The zero-order valence-electron chi connectivity index (χ0n) is 17.8. The van der Waals surface area contributed by atoms with E-state index in [1.807, 2.05) is 25.1 Å². The van der Waals surface area contributed by atoms with E-state index in [4.69, 9.17) is 14.5 Å². The fourth-order valence-electron chi connectivity index (χ4n) is 3.88. The van der Waals surface area contributed by atoms with E-state index in [9.17, 15) is 9.18 Å². The summed E-state index contributed by atoms with van der Waals surface area (Å²) in [5, 5.41) is 3.56. The quantitative estimate of drug-likeness (QED) is 0.638. The van der Waals surface area contributed by atoms with Crippen molar-refractivity contribution in [1.82, 2.24) is 14.5 Å². The second-order valence-electron chi connectivity index (χ2n) is 7.61. The van der Waals surface area contributed by atoms with Crippen LogP contribution in [0.2, 0.25) is 0 Å². The lowest BCUT2D eigenvalue weighted by Crippen LogP contribution is -2.42. The number of hydrogen-bond donors (Lipinski definition) is 1. The molecule has 2 aromatic carbocycles. The van der Waals surface area contributed by atoms with Gasteiger partial charge in [0.15, 0.2) is 0 Å². The smallest absolute Gasteiger partial charge is 0.409 e. The van der Waals surface area contributed by atoms with Gasteiger partial charge in [0, 0.05) is 25.2 Å². The van der Waals surface area contributed by atoms with Crippen LogP contribution < -0.4 is 10.1 Å². The van der Waals surface area contributed by atoms with Gasteiger partial charge in [0.05, 0.1) is 31.3 Å². The number of likely N-dealkylation sites (tertiary alicyclic amines) is 1. The van der Waals surface area contributed by atoms with Crippen molar-refractivity contribution in [2.75, 3.05) is 32.1 Å². The number of benzene rings is 2. The molecule has 1 aliphatic rings. The zero-order chi connectivity index (χ0) is 21.8. The van der Waals surface area contributed by atoms with Crippen molar-refractivity contribution >= 4 is 23.1 Å². The van der Waals surface area contributed by atoms with Crippen LogP contribution in [0.1, 0.15) is 25.3 Å². The van der Waals surface area contributed by atoms with E-state index in [1.54, 1.807) is 24.1 Å². The maximum atomic E-state index is 13.4. The maximum Gasteiger partial charge on any atom is 0.409 e. The van der Waals surface area contributed by atoms with Gasteiger partial charge in [0.1, 0.15) is 11.6 Å². The summed E-state index contributed by atoms with van der Waals surface area (Å²) in [5.41, 5.74) is 2.77. The van der Waals surface area contributed by atoms with Gasteiger partial charge in [-0.05, 0) is 49.6 Å². The normalized spacial score (nSPS) is 14.6. The summed E-state index contributed by atoms with van der Waals surface area (Å²) < 4.78 is 25.9. The highest BCUT2D eigenvalue weighted by Gasteiger charge is 2.25. The number of nitrogens with zero attached hydrogens (tertiary/aromatic N) is 3. The van der Waals surface area contributed by atoms with Crippen LogP contribution >= 0.6 is 0 Å². The van der Waals surface area contributed by atoms with Crippen molar-refractivity contribution in [3.63, 3.8) is 0 Å². The number of rotatable bonds is 6. The van der Waals surface area contributed by atoms with Crippen LogP contribution in [0.5, 0.6) is 5.75 Å². The minimum absolute atomic E-state index is 0.191. The molecule has 3 aromatic rings. The summed E-state index contributed by atoms with van der Waals surface area (Å²) in [6, 6.07) is 12.5. The monoisotopic (exact) mass is 426 g/mol. The molecule has 1 aromatic heterocycles. The molecule has 0 unspecified atom stereocenters. The van der Waals surface area contributed by atoms with Crippen LogP contribution in [-0.4, -0.2) is 53.4 Å². The van der Waals surface area contributed by atoms with Crippen LogP contribution in [0, 0.1) is 5.82 Å². The zero-order valence-corrected chi connectivity index (χ0v) is 17.8. The Morgan fingerprint density at radius 3 is 2.61 bits per heavy atom. The number of anilines is 1. The van der Waals surface area contributed by atoms with Crippen LogP contribution in [0.25, 0.3) is 11.0 Å². The summed E-state index contributed by atoms with van der Waals surface area (Å²) >= 11 is 0. The third kappa shape index (κ3) is 4.73. The lowest BCUT2D eigenvalue weighted by molar-refractivity contribution is 0.0983. The largest absolute Gasteiger partial charge is 0.497 e. The summed E-state index contributed by atoms with van der Waals surface area (Å²) in [6.45, 7) is 4.03. The van der Waals surface area contributed by atoms with Gasteiger partial charge < -0.3 is 24.3 Å². The highest BCUT2D eigenvalue weighted by atomic mass is 19.1. The molecule has 1 aliphatic heterocycles. The van der Waals surface area contributed by atoms with Crippen LogP contribution in [0.15, 0.2) is 42.5 Å². The number of piperidine rings is 1. The Labute approximate surface area is 180 Å². The number of nitrogens with one attached hydrogen (secondary N) is 1. The summed E-state index contributed by atoms with van der Waals surface area (Å²) in [4.78, 5) is 18.5. The van der Waals surface area contributed by atoms with Crippen molar-refractivity contribution in [2.24, 2.45) is 0 Å². The number of methoxy groups -OCH3 is 1. The van der Waals surface area contributed by atoms with Gasteiger partial charge in [-0.3, -0.25) is 0 Å². The molecular weight excluding hydrogens is 399 g/mol. The van der Waals surface area contributed by atoms with E-state index >= 15 is 0 Å². The fraction of sp³-hybridized carbons (Fsp3) is 0.391. The Bertz CT molecular complexity index is 1040. The third-order valence-corrected chi connectivity index (χ3v) is 5.56. The Morgan fingerprint density at radius 2 is 1.94 bits per heavy atom. The number of carbonyl (C=O) groups excluding carboxylic acids is 1. The summed E-state index contributed by atoms with van der Waals surface area (Å²) in [6.07, 6.45) is 1.36. The van der Waals surface area contributed by atoms with E-state index in [0.717, 1.165) is 41.1 Å². The molecule has 31 heavy (non-hydrogen) atoms. The van der Waals surface area contributed by atoms with E-state index in [2.05, 4.69) is 9.88 Å². The highest BCUT2D eigenvalue weighted by molar-refractivity contribution is 5.80. The van der Waals surface area contributed by atoms with Gasteiger partial charge in [-0.2, -0.15) is 0 Å². The van der Waals surface area contributed by atoms with Crippen LogP contribution in [-0.2, 0) is 11.3 Å². The highest BCUT2D eigenvalue weighted by Crippen LogP contribution is 2.27. The SMILES string of the molecule is CCOC(=O)N1CCC(Nc2nc3ccc(OC)cc3n2Cc2ccc(F)cc2)CC1. The average Bonchev–Trinajstić information content (AvgIpc) is 3.12. The number of fused-ring (bicyclic) bond motifs is 1. The molecule has 0 saturated carbocycles. The summed E-state index contributed by atoms with van der Waals surface area (Å²) in [5.74, 6) is 1.25. The molecular formula is C23H27FN4O3. The molecule has 0 radical (unpaired) electrons. The lowest BCUT2D eigenvalue weighted by atomic mass is 10.1. The molecule has 1 fully saturated rings. The molecule has 0 atom stereocenters. The fourth-order valence-corrected chi connectivity index (χ4v) is 3.88. The lowest BCUT2D eigenvalue weighted by Gasteiger charge is -2.32. The van der Waals surface area contributed by atoms with Crippen molar-refractivity contribution in [1.29, 1.82) is 0 Å². The van der Waals surface area contributed by atoms with E-state index in [0.29, 0.717) is 26.2 Å².